The standard InChI is InChI=1S/C24H19NS/c1-17(26-24-14-8-7-13-23(24)25)19-15-16-20(18-9-3-2-4-10-18)22-12-6-5-11-21(19)22/h2-16H,1,25H2. The Kier molecular flexibility index (Phi) is 4.51. The first-order chi connectivity index (χ1) is 12.7. The fraction of sp³-hybridized carbons (Fsp3) is 0. The predicted octanol–water partition coefficient (Wildman–Crippen LogP) is 6.85. The van der Waals surface area contributed by atoms with E-state index in [4.69, 9.17) is 5.73 Å². The van der Waals surface area contributed by atoms with E-state index in [1.165, 1.54) is 21.9 Å². The summed E-state index contributed by atoms with van der Waals surface area (Å²) in [5, 5.41) is 2.44. The van der Waals surface area contributed by atoms with Crippen LogP contribution in [0.1, 0.15) is 5.56 Å². The van der Waals surface area contributed by atoms with E-state index in [-0.39, 0.29) is 0 Å². The highest BCUT2D eigenvalue weighted by atomic mass is 32.2. The van der Waals surface area contributed by atoms with Gasteiger partial charge in [-0.05, 0) is 39.6 Å². The lowest BCUT2D eigenvalue weighted by Crippen LogP contribution is -1.89. The summed E-state index contributed by atoms with van der Waals surface area (Å²) in [4.78, 5) is 2.03. The van der Waals surface area contributed by atoms with Gasteiger partial charge in [-0.3, -0.25) is 0 Å². The molecule has 4 aromatic rings. The van der Waals surface area contributed by atoms with Gasteiger partial charge in [-0.15, -0.1) is 0 Å². The molecule has 0 unspecified atom stereocenters. The number of benzene rings is 4. The van der Waals surface area contributed by atoms with Crippen molar-refractivity contribution in [2.24, 2.45) is 0 Å². The molecular weight excluding hydrogens is 334 g/mol. The molecule has 0 saturated heterocycles. The molecule has 0 aliphatic heterocycles. The van der Waals surface area contributed by atoms with E-state index in [0.29, 0.717) is 0 Å². The van der Waals surface area contributed by atoms with Gasteiger partial charge in [0.2, 0.25) is 0 Å². The van der Waals surface area contributed by atoms with Gasteiger partial charge in [0.15, 0.2) is 0 Å². The molecule has 2 heteroatoms. The number of hydrogen-bond acceptors (Lipinski definition) is 2. The summed E-state index contributed by atoms with van der Waals surface area (Å²) in [6, 6.07) is 31.3. The highest BCUT2D eigenvalue weighted by molar-refractivity contribution is 8.08. The molecule has 0 aliphatic carbocycles. The number of fused-ring (bicyclic) bond motifs is 1. The zero-order valence-corrected chi connectivity index (χ0v) is 15.2. The summed E-state index contributed by atoms with van der Waals surface area (Å²) in [5.74, 6) is 0. The summed E-state index contributed by atoms with van der Waals surface area (Å²) < 4.78 is 0. The van der Waals surface area contributed by atoms with Gasteiger partial charge in [0, 0.05) is 15.5 Å². The molecule has 4 rings (SSSR count). The Hall–Kier alpha value is -2.97. The molecule has 126 valence electrons. The molecule has 0 radical (unpaired) electrons. The van der Waals surface area contributed by atoms with Gasteiger partial charge in [-0.25, -0.2) is 0 Å². The SMILES string of the molecule is C=C(Sc1ccccc1N)c1ccc(-c2ccccc2)c2ccccc12. The number of thioether (sulfide) groups is 1. The monoisotopic (exact) mass is 353 g/mol. The summed E-state index contributed by atoms with van der Waals surface area (Å²) in [6.45, 7) is 4.32. The van der Waals surface area contributed by atoms with Crippen molar-refractivity contribution in [3.8, 4) is 11.1 Å². The zero-order chi connectivity index (χ0) is 17.9. The molecule has 4 aromatic carbocycles. The number of para-hydroxylation sites is 1. The van der Waals surface area contributed by atoms with Crippen LogP contribution in [0, 0.1) is 0 Å². The third kappa shape index (κ3) is 3.12. The fourth-order valence-corrected chi connectivity index (χ4v) is 4.06. The van der Waals surface area contributed by atoms with Crippen LogP contribution in [-0.4, -0.2) is 0 Å². The van der Waals surface area contributed by atoms with Crippen molar-refractivity contribution >= 4 is 33.1 Å². The van der Waals surface area contributed by atoms with Crippen molar-refractivity contribution in [3.05, 3.63) is 103 Å². The van der Waals surface area contributed by atoms with Crippen molar-refractivity contribution in [2.75, 3.05) is 5.73 Å². The highest BCUT2D eigenvalue weighted by Gasteiger charge is 2.11. The van der Waals surface area contributed by atoms with Crippen LogP contribution in [0.5, 0.6) is 0 Å². The third-order valence-corrected chi connectivity index (χ3v) is 5.52. The first-order valence-corrected chi connectivity index (χ1v) is 9.34. The summed E-state index contributed by atoms with van der Waals surface area (Å²) in [7, 11) is 0. The molecule has 0 amide bonds. The minimum atomic E-state index is 0.781. The second kappa shape index (κ2) is 7.11. The van der Waals surface area contributed by atoms with Gasteiger partial charge in [-0.2, -0.15) is 0 Å². The van der Waals surface area contributed by atoms with Crippen LogP contribution in [0.2, 0.25) is 0 Å². The van der Waals surface area contributed by atoms with Crippen molar-refractivity contribution in [2.45, 2.75) is 4.90 Å². The van der Waals surface area contributed by atoms with Crippen LogP contribution in [0.3, 0.4) is 0 Å². The second-order valence-electron chi connectivity index (χ2n) is 6.14. The van der Waals surface area contributed by atoms with E-state index in [1.54, 1.807) is 11.8 Å². The number of nitrogens with two attached hydrogens (primary N) is 1. The molecular formula is C24H19NS. The van der Waals surface area contributed by atoms with Gasteiger partial charge in [-0.1, -0.05) is 97.2 Å². The van der Waals surface area contributed by atoms with Crippen LogP contribution in [-0.2, 0) is 0 Å². The first kappa shape index (κ1) is 16.5. The molecule has 0 bridgehead atoms. The Morgan fingerprint density at radius 2 is 1.35 bits per heavy atom. The van der Waals surface area contributed by atoms with E-state index in [2.05, 4.69) is 67.2 Å². The quantitative estimate of drug-likeness (QED) is 0.320. The van der Waals surface area contributed by atoms with Crippen LogP contribution in [0.4, 0.5) is 5.69 Å². The number of rotatable bonds is 4. The molecule has 0 spiro atoms. The summed E-state index contributed by atoms with van der Waals surface area (Å²) in [6.07, 6.45) is 0. The minimum Gasteiger partial charge on any atom is -0.398 e. The largest absolute Gasteiger partial charge is 0.398 e. The lowest BCUT2D eigenvalue weighted by molar-refractivity contribution is 1.47. The maximum absolute atomic E-state index is 6.10. The smallest absolute Gasteiger partial charge is 0.0455 e. The highest BCUT2D eigenvalue weighted by Crippen LogP contribution is 2.40. The third-order valence-electron chi connectivity index (χ3n) is 4.46. The Morgan fingerprint density at radius 1 is 0.692 bits per heavy atom. The van der Waals surface area contributed by atoms with Crippen LogP contribution < -0.4 is 5.73 Å². The Labute approximate surface area is 158 Å². The van der Waals surface area contributed by atoms with Crippen molar-refractivity contribution < 1.29 is 0 Å². The fourth-order valence-electron chi connectivity index (χ4n) is 3.17. The Morgan fingerprint density at radius 3 is 2.12 bits per heavy atom. The number of hydrogen-bond donors (Lipinski definition) is 1. The maximum Gasteiger partial charge on any atom is 0.0455 e. The molecule has 0 aromatic heterocycles. The second-order valence-corrected chi connectivity index (χ2v) is 7.27. The van der Waals surface area contributed by atoms with E-state index >= 15 is 0 Å². The molecule has 2 N–H and O–H groups in total. The average molecular weight is 353 g/mol. The number of nitrogen functional groups attached to an aromatic ring is 1. The molecule has 0 fully saturated rings. The predicted molar refractivity (Wildman–Crippen MR) is 115 cm³/mol. The van der Waals surface area contributed by atoms with Crippen molar-refractivity contribution in [1.29, 1.82) is 0 Å². The summed E-state index contributed by atoms with van der Waals surface area (Å²) >= 11 is 1.62. The average Bonchev–Trinajstić information content (AvgIpc) is 2.69. The van der Waals surface area contributed by atoms with Crippen LogP contribution in [0.25, 0.3) is 26.8 Å². The van der Waals surface area contributed by atoms with Gasteiger partial charge in [0.25, 0.3) is 0 Å². The number of anilines is 1. The topological polar surface area (TPSA) is 26.0 Å². The van der Waals surface area contributed by atoms with Crippen molar-refractivity contribution in [3.63, 3.8) is 0 Å². The molecule has 26 heavy (non-hydrogen) atoms. The Bertz CT molecular complexity index is 1080. The van der Waals surface area contributed by atoms with Gasteiger partial charge >= 0.3 is 0 Å². The van der Waals surface area contributed by atoms with E-state index in [9.17, 15) is 0 Å². The van der Waals surface area contributed by atoms with E-state index < -0.39 is 0 Å². The molecule has 0 saturated carbocycles. The summed E-state index contributed by atoms with van der Waals surface area (Å²) in [5.41, 5.74) is 10.5. The van der Waals surface area contributed by atoms with Crippen LogP contribution >= 0.6 is 11.8 Å². The molecule has 1 nitrogen and oxygen atoms in total. The van der Waals surface area contributed by atoms with E-state index in [1.807, 2.05) is 30.3 Å². The first-order valence-electron chi connectivity index (χ1n) is 8.53. The molecule has 0 heterocycles. The lowest BCUT2D eigenvalue weighted by atomic mass is 9.95. The van der Waals surface area contributed by atoms with E-state index in [0.717, 1.165) is 21.1 Å². The normalized spacial score (nSPS) is 10.8. The maximum atomic E-state index is 6.10. The molecule has 0 atom stereocenters. The van der Waals surface area contributed by atoms with Gasteiger partial charge < -0.3 is 5.73 Å². The van der Waals surface area contributed by atoms with Crippen molar-refractivity contribution in [1.82, 2.24) is 0 Å². The van der Waals surface area contributed by atoms with Crippen LogP contribution in [0.15, 0.2) is 102 Å². The lowest BCUT2D eigenvalue weighted by Gasteiger charge is -2.14. The molecule has 0 aliphatic rings. The van der Waals surface area contributed by atoms with Gasteiger partial charge in [0.05, 0.1) is 0 Å². The van der Waals surface area contributed by atoms with Gasteiger partial charge in [0.1, 0.15) is 0 Å². The zero-order valence-electron chi connectivity index (χ0n) is 14.4. The minimum absolute atomic E-state index is 0.781. The Balaban J connectivity index is 1.80.